The van der Waals surface area contributed by atoms with Crippen molar-refractivity contribution in [1.82, 2.24) is 5.32 Å². The summed E-state index contributed by atoms with van der Waals surface area (Å²) in [5.41, 5.74) is 0. The highest BCUT2D eigenvalue weighted by atomic mass is 16.7. The Morgan fingerprint density at radius 3 is 1.96 bits per heavy atom. The zero-order chi connectivity index (χ0) is 20.6. The first kappa shape index (κ1) is 22.6. The van der Waals surface area contributed by atoms with Crippen LogP contribution in [-0.4, -0.2) is 67.7 Å². The van der Waals surface area contributed by atoms with Crippen LogP contribution < -0.4 is 5.32 Å². The van der Waals surface area contributed by atoms with Crippen LogP contribution in [0.25, 0.3) is 0 Å². The second-order valence-corrected chi connectivity index (χ2v) is 5.83. The monoisotopic (exact) mass is 387 g/mol. The predicted octanol–water partition coefficient (Wildman–Crippen LogP) is -0.155. The molecule has 5 unspecified atom stereocenters. The van der Waals surface area contributed by atoms with Gasteiger partial charge < -0.3 is 29.0 Å². The Morgan fingerprint density at radius 1 is 0.926 bits per heavy atom. The van der Waals surface area contributed by atoms with E-state index in [-0.39, 0.29) is 13.2 Å². The van der Waals surface area contributed by atoms with Gasteiger partial charge >= 0.3 is 23.9 Å². The molecule has 1 fully saturated rings. The first-order chi connectivity index (χ1) is 12.6. The molecule has 1 heterocycles. The lowest BCUT2D eigenvalue weighted by Gasteiger charge is -2.44. The third-order valence-electron chi connectivity index (χ3n) is 3.48. The summed E-state index contributed by atoms with van der Waals surface area (Å²) in [6.45, 7) is 8.31. The molecule has 0 bridgehead atoms. The number of hydrogen-bond acceptors (Lipinski definition) is 10. The summed E-state index contributed by atoms with van der Waals surface area (Å²) in [5.74, 6) is -2.51. The number of esters is 4. The van der Waals surface area contributed by atoms with Crippen molar-refractivity contribution in [3.63, 3.8) is 0 Å². The lowest BCUT2D eigenvalue weighted by atomic mass is 9.96. The molecule has 1 N–H and O–H groups in total. The van der Waals surface area contributed by atoms with E-state index in [0.29, 0.717) is 0 Å². The van der Waals surface area contributed by atoms with E-state index < -0.39 is 54.5 Å². The number of carbonyl (C=O) groups excluding carboxylic acids is 4. The van der Waals surface area contributed by atoms with Gasteiger partial charge in [-0.2, -0.15) is 0 Å². The van der Waals surface area contributed by atoms with E-state index in [2.05, 4.69) is 11.9 Å². The van der Waals surface area contributed by atoms with E-state index in [1.807, 2.05) is 0 Å². The standard InChI is InChI=1S/C17H25NO9/c1-6-7-18-14-16(25-11(4)21)15(24-10(3)20)13(8-23-9(2)19)27-17(14)26-12(5)22/h6,13-18H,1,7-8H2,2-5H3. The lowest BCUT2D eigenvalue weighted by molar-refractivity contribution is -0.271. The Hall–Kier alpha value is -2.46. The van der Waals surface area contributed by atoms with Crippen LogP contribution in [0.3, 0.4) is 0 Å². The minimum atomic E-state index is -1.18. The van der Waals surface area contributed by atoms with Gasteiger partial charge in [0, 0.05) is 34.2 Å². The summed E-state index contributed by atoms with van der Waals surface area (Å²) in [6, 6.07) is -0.853. The third kappa shape index (κ3) is 7.35. The quantitative estimate of drug-likeness (QED) is 0.341. The zero-order valence-electron chi connectivity index (χ0n) is 15.8. The zero-order valence-corrected chi connectivity index (χ0v) is 15.8. The van der Waals surface area contributed by atoms with Crippen LogP contribution in [0, 0.1) is 0 Å². The van der Waals surface area contributed by atoms with Crippen LogP contribution >= 0.6 is 0 Å². The highest BCUT2D eigenvalue weighted by molar-refractivity contribution is 5.68. The van der Waals surface area contributed by atoms with Crippen LogP contribution in [0.15, 0.2) is 12.7 Å². The van der Waals surface area contributed by atoms with Crippen molar-refractivity contribution in [2.75, 3.05) is 13.2 Å². The summed E-state index contributed by atoms with van der Waals surface area (Å²) in [6.07, 6.45) is -2.82. The van der Waals surface area contributed by atoms with Gasteiger partial charge in [-0.15, -0.1) is 6.58 Å². The summed E-state index contributed by atoms with van der Waals surface area (Å²) in [5, 5.41) is 2.97. The van der Waals surface area contributed by atoms with E-state index in [1.165, 1.54) is 27.7 Å². The Kier molecular flexibility index (Phi) is 8.89. The first-order valence-electron chi connectivity index (χ1n) is 8.30. The van der Waals surface area contributed by atoms with Crippen molar-refractivity contribution >= 4 is 23.9 Å². The lowest BCUT2D eigenvalue weighted by Crippen LogP contribution is -2.66. The van der Waals surface area contributed by atoms with Crippen LogP contribution in [0.4, 0.5) is 0 Å². The molecule has 0 saturated carbocycles. The van der Waals surface area contributed by atoms with Gasteiger partial charge in [0.05, 0.1) is 0 Å². The van der Waals surface area contributed by atoms with Crippen LogP contribution in [0.5, 0.6) is 0 Å². The van der Waals surface area contributed by atoms with Crippen molar-refractivity contribution in [3.05, 3.63) is 12.7 Å². The Labute approximate surface area is 157 Å². The molecule has 5 atom stereocenters. The van der Waals surface area contributed by atoms with E-state index in [0.717, 1.165) is 0 Å². The summed E-state index contributed by atoms with van der Waals surface area (Å²) < 4.78 is 26.4. The largest absolute Gasteiger partial charge is 0.463 e. The fourth-order valence-electron chi connectivity index (χ4n) is 2.60. The molecule has 0 amide bonds. The van der Waals surface area contributed by atoms with Crippen molar-refractivity contribution in [3.8, 4) is 0 Å². The van der Waals surface area contributed by atoms with E-state index in [9.17, 15) is 19.2 Å². The smallest absolute Gasteiger partial charge is 0.304 e. The van der Waals surface area contributed by atoms with Gasteiger partial charge in [-0.1, -0.05) is 6.08 Å². The molecule has 10 heteroatoms. The first-order valence-corrected chi connectivity index (χ1v) is 8.30. The van der Waals surface area contributed by atoms with Crippen LogP contribution in [-0.2, 0) is 42.9 Å². The number of nitrogens with one attached hydrogen (secondary N) is 1. The third-order valence-corrected chi connectivity index (χ3v) is 3.48. The Bertz CT molecular complexity index is 577. The predicted molar refractivity (Wildman–Crippen MR) is 90.2 cm³/mol. The average molecular weight is 387 g/mol. The highest BCUT2D eigenvalue weighted by Gasteiger charge is 2.51. The molecule has 152 valence electrons. The number of rotatable bonds is 8. The van der Waals surface area contributed by atoms with Crippen LogP contribution in [0.2, 0.25) is 0 Å². The summed E-state index contributed by atoms with van der Waals surface area (Å²) in [7, 11) is 0. The normalized spacial score (nSPS) is 27.2. The molecule has 0 aromatic carbocycles. The van der Waals surface area contributed by atoms with Gasteiger partial charge in [0.15, 0.2) is 12.2 Å². The van der Waals surface area contributed by atoms with Gasteiger partial charge in [-0.25, -0.2) is 0 Å². The number of ether oxygens (including phenoxy) is 5. The Morgan fingerprint density at radius 2 is 1.48 bits per heavy atom. The molecule has 27 heavy (non-hydrogen) atoms. The fourth-order valence-corrected chi connectivity index (χ4v) is 2.60. The van der Waals surface area contributed by atoms with Crippen LogP contribution in [0.1, 0.15) is 27.7 Å². The van der Waals surface area contributed by atoms with Crippen molar-refractivity contribution in [2.24, 2.45) is 0 Å². The molecule has 0 aromatic rings. The fraction of sp³-hybridized carbons (Fsp3) is 0.647. The maximum absolute atomic E-state index is 11.6. The van der Waals surface area contributed by atoms with Crippen molar-refractivity contribution in [1.29, 1.82) is 0 Å². The Balaban J connectivity index is 3.24. The molecule has 10 nitrogen and oxygen atoms in total. The highest BCUT2D eigenvalue weighted by Crippen LogP contribution is 2.28. The molecule has 0 spiro atoms. The van der Waals surface area contributed by atoms with Gasteiger partial charge in [0.25, 0.3) is 0 Å². The molecular formula is C17H25NO9. The topological polar surface area (TPSA) is 126 Å². The average Bonchev–Trinajstić information content (AvgIpc) is 2.53. The molecule has 1 aliphatic rings. The van der Waals surface area contributed by atoms with E-state index >= 15 is 0 Å². The maximum atomic E-state index is 11.6. The second kappa shape index (κ2) is 10.6. The van der Waals surface area contributed by atoms with Gasteiger partial charge in [-0.3, -0.25) is 19.2 Å². The molecule has 0 aromatic heterocycles. The maximum Gasteiger partial charge on any atom is 0.304 e. The second-order valence-electron chi connectivity index (χ2n) is 5.83. The van der Waals surface area contributed by atoms with E-state index in [1.54, 1.807) is 6.08 Å². The molecule has 0 radical (unpaired) electrons. The summed E-state index contributed by atoms with van der Waals surface area (Å²) >= 11 is 0. The molecule has 1 rings (SSSR count). The molecule has 0 aliphatic carbocycles. The number of hydrogen-bond donors (Lipinski definition) is 1. The molecular weight excluding hydrogens is 362 g/mol. The molecule has 1 saturated heterocycles. The van der Waals surface area contributed by atoms with Crippen molar-refractivity contribution < 1.29 is 42.9 Å². The number of carbonyl (C=O) groups is 4. The molecule has 1 aliphatic heterocycles. The minimum Gasteiger partial charge on any atom is -0.463 e. The van der Waals surface area contributed by atoms with Gasteiger partial charge in [0.1, 0.15) is 18.8 Å². The van der Waals surface area contributed by atoms with Gasteiger partial charge in [0.2, 0.25) is 6.29 Å². The SMILES string of the molecule is C=CCNC1C(OC(C)=O)OC(COC(C)=O)C(OC(C)=O)C1OC(C)=O. The van der Waals surface area contributed by atoms with E-state index in [4.69, 9.17) is 23.7 Å². The minimum absolute atomic E-state index is 0.269. The van der Waals surface area contributed by atoms with Crippen molar-refractivity contribution in [2.45, 2.75) is 58.3 Å². The van der Waals surface area contributed by atoms with Gasteiger partial charge in [-0.05, 0) is 0 Å². The summed E-state index contributed by atoms with van der Waals surface area (Å²) in [4.78, 5) is 45.8.